The third-order valence-electron chi connectivity index (χ3n) is 3.16. The second-order valence-corrected chi connectivity index (χ2v) is 4.77. The Balaban J connectivity index is 2.01. The van der Waals surface area contributed by atoms with E-state index < -0.39 is 0 Å². The Bertz CT molecular complexity index is 506. The SMILES string of the molecule is CCCNCCC(C)c1cc2cc(F)ccc2o1. The van der Waals surface area contributed by atoms with Gasteiger partial charge in [0.25, 0.3) is 0 Å². The van der Waals surface area contributed by atoms with E-state index in [0.29, 0.717) is 5.92 Å². The van der Waals surface area contributed by atoms with Gasteiger partial charge < -0.3 is 9.73 Å². The molecule has 0 radical (unpaired) electrons. The molecule has 1 aromatic carbocycles. The van der Waals surface area contributed by atoms with Crippen molar-refractivity contribution in [1.29, 1.82) is 0 Å². The molecule has 2 nitrogen and oxygen atoms in total. The van der Waals surface area contributed by atoms with Crippen LogP contribution in [0.3, 0.4) is 0 Å². The van der Waals surface area contributed by atoms with Crippen molar-refractivity contribution < 1.29 is 8.81 Å². The number of hydrogen-bond acceptors (Lipinski definition) is 2. The van der Waals surface area contributed by atoms with E-state index in [2.05, 4.69) is 19.2 Å². The van der Waals surface area contributed by atoms with Gasteiger partial charge >= 0.3 is 0 Å². The summed E-state index contributed by atoms with van der Waals surface area (Å²) in [5.41, 5.74) is 0.764. The maximum atomic E-state index is 13.1. The van der Waals surface area contributed by atoms with E-state index in [4.69, 9.17) is 4.42 Å². The standard InChI is InChI=1S/C15H20FNO/c1-3-7-17-8-6-11(2)15-10-12-9-13(16)4-5-14(12)18-15/h4-5,9-11,17H,3,6-8H2,1-2H3. The molecule has 0 spiro atoms. The van der Waals surface area contributed by atoms with Gasteiger partial charge in [-0.2, -0.15) is 0 Å². The van der Waals surface area contributed by atoms with Crippen LogP contribution in [0, 0.1) is 5.82 Å². The molecule has 1 atom stereocenters. The summed E-state index contributed by atoms with van der Waals surface area (Å²) in [6.07, 6.45) is 2.18. The average molecular weight is 249 g/mol. The van der Waals surface area contributed by atoms with Crippen molar-refractivity contribution in [3.63, 3.8) is 0 Å². The first-order valence-corrected chi connectivity index (χ1v) is 6.60. The Kier molecular flexibility index (Phi) is 4.37. The third-order valence-corrected chi connectivity index (χ3v) is 3.16. The van der Waals surface area contributed by atoms with Crippen LogP contribution in [0.5, 0.6) is 0 Å². The summed E-state index contributed by atoms with van der Waals surface area (Å²) in [5.74, 6) is 1.07. The average Bonchev–Trinajstić information content (AvgIpc) is 2.77. The van der Waals surface area contributed by atoms with Crippen molar-refractivity contribution in [2.24, 2.45) is 0 Å². The largest absolute Gasteiger partial charge is 0.461 e. The first kappa shape index (κ1) is 13.1. The molecule has 2 rings (SSSR count). The molecule has 0 saturated carbocycles. The molecule has 0 aliphatic carbocycles. The lowest BCUT2D eigenvalue weighted by Gasteiger charge is -2.08. The molecular weight excluding hydrogens is 229 g/mol. The fourth-order valence-corrected chi connectivity index (χ4v) is 2.04. The van der Waals surface area contributed by atoms with Gasteiger partial charge in [-0.25, -0.2) is 4.39 Å². The van der Waals surface area contributed by atoms with Crippen molar-refractivity contribution in [2.75, 3.05) is 13.1 Å². The summed E-state index contributed by atoms with van der Waals surface area (Å²) in [6, 6.07) is 6.59. The predicted octanol–water partition coefficient (Wildman–Crippen LogP) is 4.07. The molecule has 0 aliphatic rings. The quantitative estimate of drug-likeness (QED) is 0.781. The molecule has 1 unspecified atom stereocenters. The Morgan fingerprint density at radius 2 is 2.11 bits per heavy atom. The van der Waals surface area contributed by atoms with Gasteiger partial charge in [0, 0.05) is 11.3 Å². The van der Waals surface area contributed by atoms with E-state index in [0.717, 1.165) is 42.7 Å². The lowest BCUT2D eigenvalue weighted by atomic mass is 10.0. The molecule has 0 saturated heterocycles. The number of furan rings is 1. The summed E-state index contributed by atoms with van der Waals surface area (Å²) >= 11 is 0. The van der Waals surface area contributed by atoms with Gasteiger partial charge in [-0.3, -0.25) is 0 Å². The van der Waals surface area contributed by atoms with Gasteiger partial charge in [0.1, 0.15) is 17.2 Å². The van der Waals surface area contributed by atoms with Crippen LogP contribution >= 0.6 is 0 Å². The minimum atomic E-state index is -0.216. The molecule has 0 aliphatic heterocycles. The summed E-state index contributed by atoms with van der Waals surface area (Å²) < 4.78 is 18.8. The zero-order valence-electron chi connectivity index (χ0n) is 11.0. The van der Waals surface area contributed by atoms with Crippen molar-refractivity contribution in [2.45, 2.75) is 32.6 Å². The normalized spacial score (nSPS) is 13.1. The molecule has 2 aromatic rings. The summed E-state index contributed by atoms with van der Waals surface area (Å²) in [5, 5.41) is 4.22. The molecule has 0 amide bonds. The first-order valence-electron chi connectivity index (χ1n) is 6.60. The number of rotatable bonds is 6. The molecule has 1 N–H and O–H groups in total. The summed E-state index contributed by atoms with van der Waals surface area (Å²) in [7, 11) is 0. The molecule has 3 heteroatoms. The predicted molar refractivity (Wildman–Crippen MR) is 72.4 cm³/mol. The fourth-order valence-electron chi connectivity index (χ4n) is 2.04. The highest BCUT2D eigenvalue weighted by molar-refractivity contribution is 5.78. The second-order valence-electron chi connectivity index (χ2n) is 4.77. The van der Waals surface area contributed by atoms with Crippen molar-refractivity contribution >= 4 is 11.0 Å². The number of halogens is 1. The minimum absolute atomic E-state index is 0.216. The monoisotopic (exact) mass is 249 g/mol. The van der Waals surface area contributed by atoms with Crippen molar-refractivity contribution in [3.8, 4) is 0 Å². The maximum Gasteiger partial charge on any atom is 0.134 e. The van der Waals surface area contributed by atoms with E-state index >= 15 is 0 Å². The Morgan fingerprint density at radius 1 is 1.28 bits per heavy atom. The molecule has 1 aromatic heterocycles. The summed E-state index contributed by atoms with van der Waals surface area (Å²) in [4.78, 5) is 0. The molecule has 1 heterocycles. The van der Waals surface area contributed by atoms with Gasteiger partial charge in [0.05, 0.1) is 0 Å². The van der Waals surface area contributed by atoms with Gasteiger partial charge in [0.2, 0.25) is 0 Å². The van der Waals surface area contributed by atoms with Crippen LogP contribution in [0.2, 0.25) is 0 Å². The zero-order valence-corrected chi connectivity index (χ0v) is 11.0. The van der Waals surface area contributed by atoms with Gasteiger partial charge in [-0.1, -0.05) is 13.8 Å². The molecule has 98 valence electrons. The lowest BCUT2D eigenvalue weighted by molar-refractivity contribution is 0.478. The van der Waals surface area contributed by atoms with Gasteiger partial charge in [-0.05, 0) is 50.2 Å². The van der Waals surface area contributed by atoms with Crippen LogP contribution in [-0.4, -0.2) is 13.1 Å². The van der Waals surface area contributed by atoms with E-state index in [1.807, 2.05) is 6.07 Å². The number of benzene rings is 1. The van der Waals surface area contributed by atoms with Crippen LogP contribution in [0.25, 0.3) is 11.0 Å². The lowest BCUT2D eigenvalue weighted by Crippen LogP contribution is -2.17. The van der Waals surface area contributed by atoms with E-state index in [1.54, 1.807) is 6.07 Å². The zero-order chi connectivity index (χ0) is 13.0. The Morgan fingerprint density at radius 3 is 2.89 bits per heavy atom. The minimum Gasteiger partial charge on any atom is -0.461 e. The highest BCUT2D eigenvalue weighted by atomic mass is 19.1. The second kappa shape index (κ2) is 6.01. The summed E-state index contributed by atoms with van der Waals surface area (Å²) in [6.45, 7) is 6.34. The van der Waals surface area contributed by atoms with Gasteiger partial charge in [-0.15, -0.1) is 0 Å². The van der Waals surface area contributed by atoms with Crippen LogP contribution in [0.1, 0.15) is 38.4 Å². The number of nitrogens with one attached hydrogen (secondary N) is 1. The van der Waals surface area contributed by atoms with Crippen LogP contribution < -0.4 is 5.32 Å². The fraction of sp³-hybridized carbons (Fsp3) is 0.467. The highest BCUT2D eigenvalue weighted by Crippen LogP contribution is 2.27. The van der Waals surface area contributed by atoms with Crippen molar-refractivity contribution in [1.82, 2.24) is 5.32 Å². The topological polar surface area (TPSA) is 25.2 Å². The highest BCUT2D eigenvalue weighted by Gasteiger charge is 2.11. The van der Waals surface area contributed by atoms with Crippen LogP contribution in [0.15, 0.2) is 28.7 Å². The van der Waals surface area contributed by atoms with Crippen molar-refractivity contribution in [3.05, 3.63) is 35.8 Å². The Labute approximate surface area is 107 Å². The third kappa shape index (κ3) is 3.10. The molecule has 0 bridgehead atoms. The maximum absolute atomic E-state index is 13.1. The van der Waals surface area contributed by atoms with Crippen LogP contribution in [0.4, 0.5) is 4.39 Å². The molecular formula is C15H20FNO. The molecule has 0 fully saturated rings. The first-order chi connectivity index (χ1) is 8.70. The van der Waals surface area contributed by atoms with E-state index in [9.17, 15) is 4.39 Å². The van der Waals surface area contributed by atoms with E-state index in [1.165, 1.54) is 12.1 Å². The number of hydrogen-bond donors (Lipinski definition) is 1. The number of fused-ring (bicyclic) bond motifs is 1. The van der Waals surface area contributed by atoms with Crippen LogP contribution in [-0.2, 0) is 0 Å². The Hall–Kier alpha value is -1.35. The molecule has 18 heavy (non-hydrogen) atoms. The van der Waals surface area contributed by atoms with Gasteiger partial charge in [0.15, 0.2) is 0 Å². The smallest absolute Gasteiger partial charge is 0.134 e. The van der Waals surface area contributed by atoms with E-state index in [-0.39, 0.29) is 5.82 Å².